The molecule has 0 spiro atoms. The minimum atomic E-state index is -1.17. The van der Waals surface area contributed by atoms with Crippen molar-refractivity contribution in [1.82, 2.24) is 0 Å². The molecule has 5 heteroatoms. The van der Waals surface area contributed by atoms with Crippen LogP contribution in [0.1, 0.15) is 25.2 Å². The molecule has 1 unspecified atom stereocenters. The third-order valence-electron chi connectivity index (χ3n) is 3.42. The molecule has 21 heavy (non-hydrogen) atoms. The fourth-order valence-corrected chi connectivity index (χ4v) is 2.31. The van der Waals surface area contributed by atoms with Crippen LogP contribution in [0.4, 0.5) is 10.1 Å². The van der Waals surface area contributed by atoms with Crippen LogP contribution in [0, 0.1) is 5.82 Å². The van der Waals surface area contributed by atoms with Crippen molar-refractivity contribution in [1.29, 1.82) is 0 Å². The number of nitrogen functional groups attached to an aromatic ring is 1. The summed E-state index contributed by atoms with van der Waals surface area (Å²) in [6.07, 6.45) is 1.72. The summed E-state index contributed by atoms with van der Waals surface area (Å²) >= 11 is 0. The molecule has 4 nitrogen and oxygen atoms in total. The van der Waals surface area contributed by atoms with Crippen LogP contribution in [0.25, 0.3) is 0 Å². The van der Waals surface area contributed by atoms with Gasteiger partial charge in [-0.1, -0.05) is 6.07 Å². The predicted molar refractivity (Wildman–Crippen MR) is 77.2 cm³/mol. The maximum atomic E-state index is 14.3. The van der Waals surface area contributed by atoms with Crippen LogP contribution in [-0.2, 0) is 21.4 Å². The number of rotatable bonds is 5. The first-order valence-electron chi connectivity index (χ1n) is 6.72. The average molecular weight is 291 g/mol. The van der Waals surface area contributed by atoms with E-state index in [1.807, 2.05) is 0 Å². The number of anilines is 1. The second-order valence-electron chi connectivity index (χ2n) is 5.05. The van der Waals surface area contributed by atoms with E-state index in [2.05, 4.69) is 0 Å². The van der Waals surface area contributed by atoms with Gasteiger partial charge in [-0.25, -0.2) is 4.39 Å². The minimum absolute atomic E-state index is 0.208. The third kappa shape index (κ3) is 3.07. The van der Waals surface area contributed by atoms with Gasteiger partial charge in [0, 0.05) is 17.7 Å². The van der Waals surface area contributed by atoms with Gasteiger partial charge in [-0.3, -0.25) is 4.79 Å². The summed E-state index contributed by atoms with van der Waals surface area (Å²) in [5.41, 5.74) is 4.94. The monoisotopic (exact) mass is 291 g/mol. The van der Waals surface area contributed by atoms with Gasteiger partial charge < -0.3 is 14.9 Å². The van der Waals surface area contributed by atoms with Gasteiger partial charge in [-0.15, -0.1) is 0 Å². The quantitative estimate of drug-likeness (QED) is 0.679. The van der Waals surface area contributed by atoms with E-state index in [9.17, 15) is 9.18 Å². The molecule has 1 heterocycles. The lowest BCUT2D eigenvalue weighted by molar-refractivity contribution is -0.149. The summed E-state index contributed by atoms with van der Waals surface area (Å²) in [4.78, 5) is 12.4. The van der Waals surface area contributed by atoms with Crippen molar-refractivity contribution < 1.29 is 18.3 Å². The Bertz CT molecular complexity index is 624. The highest BCUT2D eigenvalue weighted by Gasteiger charge is 2.40. The summed E-state index contributed by atoms with van der Waals surface area (Å²) < 4.78 is 24.7. The third-order valence-corrected chi connectivity index (χ3v) is 3.42. The molecule has 0 aliphatic heterocycles. The largest absolute Gasteiger partial charge is 0.469 e. The first-order valence-corrected chi connectivity index (χ1v) is 6.72. The van der Waals surface area contributed by atoms with Crippen LogP contribution in [0.15, 0.2) is 41.0 Å². The van der Waals surface area contributed by atoms with E-state index in [4.69, 9.17) is 14.9 Å². The molecule has 0 aliphatic rings. The minimum Gasteiger partial charge on any atom is -0.469 e. The Morgan fingerprint density at radius 1 is 1.43 bits per heavy atom. The lowest BCUT2D eigenvalue weighted by Crippen LogP contribution is -2.37. The topological polar surface area (TPSA) is 65.5 Å². The van der Waals surface area contributed by atoms with Crippen LogP contribution >= 0.6 is 0 Å². The Morgan fingerprint density at radius 3 is 2.76 bits per heavy atom. The Labute approximate surface area is 122 Å². The highest BCUT2D eigenvalue weighted by atomic mass is 19.1. The zero-order valence-corrected chi connectivity index (χ0v) is 12.1. The second kappa shape index (κ2) is 5.99. The number of hydrogen-bond acceptors (Lipinski definition) is 4. The van der Waals surface area contributed by atoms with E-state index in [-0.39, 0.29) is 18.6 Å². The Balaban J connectivity index is 2.46. The van der Waals surface area contributed by atoms with Gasteiger partial charge in [0.2, 0.25) is 0 Å². The molecular weight excluding hydrogens is 273 g/mol. The summed E-state index contributed by atoms with van der Waals surface area (Å²) in [5, 5.41) is 0. The molecule has 2 rings (SSSR count). The zero-order chi connectivity index (χ0) is 15.5. The van der Waals surface area contributed by atoms with Gasteiger partial charge in [0.05, 0.1) is 18.3 Å². The number of benzene rings is 1. The normalized spacial score (nSPS) is 13.7. The van der Waals surface area contributed by atoms with Crippen molar-refractivity contribution in [2.75, 3.05) is 12.3 Å². The fraction of sp³-hybridized carbons (Fsp3) is 0.312. The van der Waals surface area contributed by atoms with Crippen molar-refractivity contribution in [2.24, 2.45) is 0 Å². The van der Waals surface area contributed by atoms with E-state index in [0.717, 1.165) is 0 Å². The van der Waals surface area contributed by atoms with Gasteiger partial charge in [-0.2, -0.15) is 0 Å². The van der Waals surface area contributed by atoms with Gasteiger partial charge in [-0.05, 0) is 38.1 Å². The molecule has 0 amide bonds. The Morgan fingerprint density at radius 2 is 2.19 bits per heavy atom. The average Bonchev–Trinajstić information content (AvgIpc) is 2.91. The van der Waals surface area contributed by atoms with Crippen LogP contribution in [-0.4, -0.2) is 12.6 Å². The number of carbonyl (C=O) groups excluding carboxylic acids is 1. The summed E-state index contributed by atoms with van der Waals surface area (Å²) in [7, 11) is 0. The molecule has 0 saturated carbocycles. The predicted octanol–water partition coefficient (Wildman–Crippen LogP) is 3.06. The number of hydrogen-bond donors (Lipinski definition) is 1. The number of furan rings is 1. The summed E-state index contributed by atoms with van der Waals surface area (Å²) in [5.74, 6) is -0.441. The lowest BCUT2D eigenvalue weighted by Gasteiger charge is -2.27. The number of halogens is 1. The lowest BCUT2D eigenvalue weighted by atomic mass is 9.78. The molecule has 1 aromatic carbocycles. The Hall–Kier alpha value is -2.30. The smallest absolute Gasteiger partial charge is 0.316 e. The van der Waals surface area contributed by atoms with Crippen molar-refractivity contribution in [3.8, 4) is 0 Å². The number of carbonyl (C=O) groups is 1. The van der Waals surface area contributed by atoms with E-state index in [1.165, 1.54) is 18.4 Å². The van der Waals surface area contributed by atoms with Crippen molar-refractivity contribution in [2.45, 2.75) is 25.7 Å². The zero-order valence-electron chi connectivity index (χ0n) is 12.1. The SMILES string of the molecule is CCOC(=O)C(C)(Cc1ccco1)c1ccc(N)cc1F. The van der Waals surface area contributed by atoms with Crippen molar-refractivity contribution in [3.63, 3.8) is 0 Å². The van der Waals surface area contributed by atoms with E-state index in [0.29, 0.717) is 11.4 Å². The maximum absolute atomic E-state index is 14.3. The van der Waals surface area contributed by atoms with Crippen molar-refractivity contribution in [3.05, 3.63) is 53.7 Å². The first-order chi connectivity index (χ1) is 9.97. The van der Waals surface area contributed by atoms with Crippen LogP contribution < -0.4 is 5.73 Å². The van der Waals surface area contributed by atoms with Gasteiger partial charge in [0.1, 0.15) is 11.6 Å². The molecular formula is C16H18FNO3. The number of nitrogens with two attached hydrogens (primary N) is 1. The molecule has 0 aliphatic carbocycles. The van der Waals surface area contributed by atoms with E-state index < -0.39 is 17.2 Å². The number of esters is 1. The maximum Gasteiger partial charge on any atom is 0.316 e. The van der Waals surface area contributed by atoms with Crippen LogP contribution in [0.3, 0.4) is 0 Å². The summed E-state index contributed by atoms with van der Waals surface area (Å²) in [6, 6.07) is 7.75. The number of ether oxygens (including phenoxy) is 1. The molecule has 2 aromatic rings. The first kappa shape index (κ1) is 15.1. The molecule has 1 aromatic heterocycles. The second-order valence-corrected chi connectivity index (χ2v) is 5.05. The molecule has 1 atom stereocenters. The molecule has 0 radical (unpaired) electrons. The molecule has 0 saturated heterocycles. The van der Waals surface area contributed by atoms with E-state index >= 15 is 0 Å². The van der Waals surface area contributed by atoms with Gasteiger partial charge in [0.15, 0.2) is 0 Å². The summed E-state index contributed by atoms with van der Waals surface area (Å²) in [6.45, 7) is 3.58. The molecule has 2 N–H and O–H groups in total. The van der Waals surface area contributed by atoms with Crippen LogP contribution in [0.2, 0.25) is 0 Å². The van der Waals surface area contributed by atoms with Crippen molar-refractivity contribution >= 4 is 11.7 Å². The van der Waals surface area contributed by atoms with Gasteiger partial charge in [0.25, 0.3) is 0 Å². The molecule has 0 bridgehead atoms. The molecule has 0 fully saturated rings. The van der Waals surface area contributed by atoms with Gasteiger partial charge >= 0.3 is 5.97 Å². The van der Waals surface area contributed by atoms with E-state index in [1.54, 1.807) is 32.0 Å². The van der Waals surface area contributed by atoms with Crippen LogP contribution in [0.5, 0.6) is 0 Å². The standard InChI is InChI=1S/C16H18FNO3/c1-3-20-15(19)16(2,10-12-5-4-8-21-12)13-7-6-11(18)9-14(13)17/h4-9H,3,10,18H2,1-2H3. The molecule has 112 valence electrons. The fourth-order valence-electron chi connectivity index (χ4n) is 2.31. The highest BCUT2D eigenvalue weighted by molar-refractivity contribution is 5.83. The Kier molecular flexibility index (Phi) is 4.31. The highest BCUT2D eigenvalue weighted by Crippen LogP contribution is 2.32.